The van der Waals surface area contributed by atoms with Crippen molar-refractivity contribution in [3.05, 3.63) is 0 Å². The molecule has 0 saturated carbocycles. The first kappa shape index (κ1) is 9.06. The standard InChI is InChI=1S/C5H11N3O2/c1-10-4-5(9)8-7-3-2-6/h3H,2,4,6H2,1H3,(H,8,9)/b7-3+. The first-order chi connectivity index (χ1) is 4.81. The van der Waals surface area contributed by atoms with Crippen molar-refractivity contribution in [2.24, 2.45) is 10.8 Å². The van der Waals surface area contributed by atoms with Gasteiger partial charge in [0.2, 0.25) is 0 Å². The Bertz CT molecular complexity index is 124. The predicted octanol–water partition coefficient (Wildman–Crippen LogP) is -1.31. The third-order valence-electron chi connectivity index (χ3n) is 0.661. The molecule has 0 radical (unpaired) electrons. The minimum absolute atomic E-state index is 0.0158. The van der Waals surface area contributed by atoms with Crippen LogP contribution in [0.25, 0.3) is 0 Å². The third kappa shape index (κ3) is 5.20. The molecule has 5 heteroatoms. The zero-order chi connectivity index (χ0) is 7.82. The van der Waals surface area contributed by atoms with E-state index in [0.29, 0.717) is 6.54 Å². The lowest BCUT2D eigenvalue weighted by atomic mass is 10.7. The number of rotatable bonds is 4. The molecule has 0 atom stereocenters. The Balaban J connectivity index is 3.30. The summed E-state index contributed by atoms with van der Waals surface area (Å²) < 4.78 is 4.52. The van der Waals surface area contributed by atoms with Gasteiger partial charge < -0.3 is 10.5 Å². The quantitative estimate of drug-likeness (QED) is 0.381. The van der Waals surface area contributed by atoms with Crippen molar-refractivity contribution in [1.29, 1.82) is 0 Å². The largest absolute Gasteiger partial charge is 0.375 e. The smallest absolute Gasteiger partial charge is 0.266 e. The van der Waals surface area contributed by atoms with Crippen LogP contribution in [0.5, 0.6) is 0 Å². The highest BCUT2D eigenvalue weighted by Gasteiger charge is 1.93. The molecular formula is C5H11N3O2. The Morgan fingerprint density at radius 3 is 3.10 bits per heavy atom. The number of nitrogens with two attached hydrogens (primary N) is 1. The Labute approximate surface area is 59.2 Å². The van der Waals surface area contributed by atoms with Crippen LogP contribution >= 0.6 is 0 Å². The van der Waals surface area contributed by atoms with Crippen LogP contribution in [0.15, 0.2) is 5.10 Å². The molecule has 0 fully saturated rings. The summed E-state index contributed by atoms with van der Waals surface area (Å²) in [6, 6.07) is 0. The maximum Gasteiger partial charge on any atom is 0.266 e. The topological polar surface area (TPSA) is 76.7 Å². The van der Waals surface area contributed by atoms with Gasteiger partial charge in [-0.3, -0.25) is 4.79 Å². The van der Waals surface area contributed by atoms with E-state index in [1.165, 1.54) is 13.3 Å². The van der Waals surface area contributed by atoms with Gasteiger partial charge in [0.1, 0.15) is 6.61 Å². The summed E-state index contributed by atoms with van der Waals surface area (Å²) in [6.45, 7) is 0.329. The highest BCUT2D eigenvalue weighted by Crippen LogP contribution is 1.67. The van der Waals surface area contributed by atoms with E-state index in [0.717, 1.165) is 0 Å². The Hall–Kier alpha value is -0.940. The number of hydrogen-bond acceptors (Lipinski definition) is 4. The van der Waals surface area contributed by atoms with Crippen molar-refractivity contribution in [3.63, 3.8) is 0 Å². The average molecular weight is 145 g/mol. The van der Waals surface area contributed by atoms with E-state index in [4.69, 9.17) is 5.73 Å². The van der Waals surface area contributed by atoms with Crippen molar-refractivity contribution in [2.45, 2.75) is 0 Å². The maximum absolute atomic E-state index is 10.5. The molecule has 1 amide bonds. The SMILES string of the molecule is COCC(=O)N/N=C/CN. The van der Waals surface area contributed by atoms with Gasteiger partial charge in [0, 0.05) is 19.9 Å². The summed E-state index contributed by atoms with van der Waals surface area (Å²) in [5, 5.41) is 3.48. The minimum Gasteiger partial charge on any atom is -0.375 e. The van der Waals surface area contributed by atoms with Crippen LogP contribution in [0.4, 0.5) is 0 Å². The molecule has 0 aliphatic carbocycles. The van der Waals surface area contributed by atoms with E-state index in [2.05, 4.69) is 15.3 Å². The number of hydrazone groups is 1. The fraction of sp³-hybridized carbons (Fsp3) is 0.600. The zero-order valence-electron chi connectivity index (χ0n) is 5.83. The molecule has 0 aromatic rings. The molecule has 58 valence electrons. The van der Waals surface area contributed by atoms with Crippen molar-refractivity contribution < 1.29 is 9.53 Å². The minimum atomic E-state index is -0.285. The monoisotopic (exact) mass is 145 g/mol. The Morgan fingerprint density at radius 2 is 2.60 bits per heavy atom. The summed E-state index contributed by atoms with van der Waals surface area (Å²) in [5.41, 5.74) is 7.27. The normalized spacial score (nSPS) is 10.2. The van der Waals surface area contributed by atoms with E-state index in [1.807, 2.05) is 0 Å². The summed E-state index contributed by atoms with van der Waals surface area (Å²) in [6.07, 6.45) is 1.40. The molecule has 0 aliphatic heterocycles. The number of nitrogens with zero attached hydrogens (tertiary/aromatic N) is 1. The molecule has 0 unspecified atom stereocenters. The summed E-state index contributed by atoms with van der Waals surface area (Å²) in [7, 11) is 1.44. The molecule has 0 aromatic heterocycles. The van der Waals surface area contributed by atoms with Crippen molar-refractivity contribution in [3.8, 4) is 0 Å². The second-order valence-corrected chi connectivity index (χ2v) is 1.52. The molecule has 0 bridgehead atoms. The number of carbonyl (C=O) groups excluding carboxylic acids is 1. The summed E-state index contributed by atoms with van der Waals surface area (Å²) >= 11 is 0. The van der Waals surface area contributed by atoms with Gasteiger partial charge in [-0.15, -0.1) is 0 Å². The van der Waals surface area contributed by atoms with Crippen molar-refractivity contribution in [1.82, 2.24) is 5.43 Å². The fourth-order valence-corrected chi connectivity index (χ4v) is 0.334. The van der Waals surface area contributed by atoms with Crippen LogP contribution in [-0.4, -0.2) is 32.4 Å². The average Bonchev–Trinajstić information content (AvgIpc) is 1.89. The summed E-state index contributed by atoms with van der Waals surface area (Å²) in [5.74, 6) is -0.285. The van der Waals surface area contributed by atoms with E-state index in [-0.39, 0.29) is 12.5 Å². The first-order valence-corrected chi connectivity index (χ1v) is 2.80. The van der Waals surface area contributed by atoms with Crippen LogP contribution in [-0.2, 0) is 9.53 Å². The van der Waals surface area contributed by atoms with E-state index >= 15 is 0 Å². The number of nitrogens with one attached hydrogen (secondary N) is 1. The predicted molar refractivity (Wildman–Crippen MR) is 37.6 cm³/mol. The summed E-state index contributed by atoms with van der Waals surface area (Å²) in [4.78, 5) is 10.5. The van der Waals surface area contributed by atoms with Gasteiger partial charge in [-0.1, -0.05) is 0 Å². The molecule has 0 rings (SSSR count). The number of ether oxygens (including phenoxy) is 1. The fourth-order valence-electron chi connectivity index (χ4n) is 0.334. The second kappa shape index (κ2) is 6.18. The zero-order valence-corrected chi connectivity index (χ0v) is 5.83. The highest BCUT2D eigenvalue weighted by atomic mass is 16.5. The van der Waals surface area contributed by atoms with Gasteiger partial charge in [-0.05, 0) is 0 Å². The van der Waals surface area contributed by atoms with Gasteiger partial charge in [0.05, 0.1) is 0 Å². The molecule has 3 N–H and O–H groups in total. The lowest BCUT2D eigenvalue weighted by molar-refractivity contribution is -0.124. The van der Waals surface area contributed by atoms with E-state index < -0.39 is 0 Å². The van der Waals surface area contributed by atoms with Crippen molar-refractivity contribution >= 4 is 12.1 Å². The van der Waals surface area contributed by atoms with Gasteiger partial charge in [0.15, 0.2) is 0 Å². The van der Waals surface area contributed by atoms with Crippen molar-refractivity contribution in [2.75, 3.05) is 20.3 Å². The molecule has 5 nitrogen and oxygen atoms in total. The second-order valence-electron chi connectivity index (χ2n) is 1.52. The van der Waals surface area contributed by atoms with Crippen LogP contribution in [0, 0.1) is 0 Å². The lowest BCUT2D eigenvalue weighted by Crippen LogP contribution is -2.22. The molecule has 0 saturated heterocycles. The number of methoxy groups -OCH3 is 1. The highest BCUT2D eigenvalue weighted by molar-refractivity contribution is 5.77. The van der Waals surface area contributed by atoms with Crippen LogP contribution in [0.1, 0.15) is 0 Å². The molecule has 0 aromatic carbocycles. The van der Waals surface area contributed by atoms with Crippen LogP contribution < -0.4 is 11.2 Å². The lowest BCUT2D eigenvalue weighted by Gasteiger charge is -1.95. The first-order valence-electron chi connectivity index (χ1n) is 2.80. The number of amides is 1. The number of hydrogen-bond donors (Lipinski definition) is 2. The molecule has 0 heterocycles. The molecule has 0 spiro atoms. The van der Waals surface area contributed by atoms with Gasteiger partial charge >= 0.3 is 0 Å². The Kier molecular flexibility index (Phi) is 5.60. The molecular weight excluding hydrogens is 134 g/mol. The van der Waals surface area contributed by atoms with Gasteiger partial charge in [0.25, 0.3) is 5.91 Å². The van der Waals surface area contributed by atoms with E-state index in [1.54, 1.807) is 0 Å². The maximum atomic E-state index is 10.5. The molecule has 10 heavy (non-hydrogen) atoms. The third-order valence-corrected chi connectivity index (χ3v) is 0.661. The van der Waals surface area contributed by atoms with E-state index in [9.17, 15) is 4.79 Å². The Morgan fingerprint density at radius 1 is 1.90 bits per heavy atom. The van der Waals surface area contributed by atoms with Crippen LogP contribution in [0.3, 0.4) is 0 Å². The van der Waals surface area contributed by atoms with Gasteiger partial charge in [-0.2, -0.15) is 5.10 Å². The van der Waals surface area contributed by atoms with Gasteiger partial charge in [-0.25, -0.2) is 5.43 Å². The number of carbonyl (C=O) groups is 1. The molecule has 0 aliphatic rings. The van der Waals surface area contributed by atoms with Crippen LogP contribution in [0.2, 0.25) is 0 Å².